The quantitative estimate of drug-likeness (QED) is 0.298. The van der Waals surface area contributed by atoms with Gasteiger partial charge < -0.3 is 5.73 Å². The number of hydrogen-bond donors (Lipinski definition) is 1. The van der Waals surface area contributed by atoms with Crippen molar-refractivity contribution in [2.24, 2.45) is 11.7 Å². The molecule has 0 saturated heterocycles. The van der Waals surface area contributed by atoms with Crippen molar-refractivity contribution in [3.05, 3.63) is 119 Å². The van der Waals surface area contributed by atoms with Crippen LogP contribution in [0.25, 0.3) is 0 Å². The molecule has 3 heteroatoms. The zero-order chi connectivity index (χ0) is 24.2. The van der Waals surface area contributed by atoms with E-state index in [4.69, 9.17) is 5.73 Å². The van der Waals surface area contributed by atoms with Gasteiger partial charge in [0.25, 0.3) is 0 Å². The number of hydrogen-bond acceptors (Lipinski definition) is 3. The van der Waals surface area contributed by atoms with Gasteiger partial charge in [0.05, 0.1) is 6.04 Å². The third-order valence-electron chi connectivity index (χ3n) is 6.41. The van der Waals surface area contributed by atoms with E-state index in [1.807, 2.05) is 30.3 Å². The van der Waals surface area contributed by atoms with Gasteiger partial charge in [0.2, 0.25) is 0 Å². The first kappa shape index (κ1) is 25.5. The molecule has 1 unspecified atom stereocenters. The van der Waals surface area contributed by atoms with E-state index < -0.39 is 0 Å². The monoisotopic (exact) mass is 454 g/mol. The second-order valence-corrected chi connectivity index (χ2v) is 9.02. The third kappa shape index (κ3) is 7.71. The molecule has 0 amide bonds. The lowest BCUT2D eigenvalue weighted by atomic mass is 9.93. The van der Waals surface area contributed by atoms with Crippen molar-refractivity contribution in [1.82, 2.24) is 4.90 Å². The van der Waals surface area contributed by atoms with E-state index >= 15 is 0 Å². The number of nitrogens with two attached hydrogens (primary N) is 1. The summed E-state index contributed by atoms with van der Waals surface area (Å²) in [6.45, 7) is 5.69. The van der Waals surface area contributed by atoms with E-state index in [1.165, 1.54) is 11.1 Å². The maximum absolute atomic E-state index is 13.8. The van der Waals surface area contributed by atoms with Gasteiger partial charge >= 0.3 is 0 Å². The van der Waals surface area contributed by atoms with E-state index in [0.717, 1.165) is 24.8 Å². The summed E-state index contributed by atoms with van der Waals surface area (Å²) in [7, 11) is 0. The van der Waals surface area contributed by atoms with Crippen LogP contribution in [0.2, 0.25) is 0 Å². The Kier molecular flexibility index (Phi) is 10.1. The van der Waals surface area contributed by atoms with Crippen molar-refractivity contribution in [3.8, 4) is 0 Å². The molecule has 0 aliphatic carbocycles. The normalized spacial score (nSPS) is 13.6. The highest BCUT2D eigenvalue weighted by atomic mass is 16.1. The molecule has 0 heterocycles. The zero-order valence-corrected chi connectivity index (χ0v) is 20.6. The topological polar surface area (TPSA) is 46.3 Å². The molecule has 3 aromatic rings. The molecule has 2 N–H and O–H groups in total. The van der Waals surface area contributed by atoms with Crippen LogP contribution < -0.4 is 5.73 Å². The fourth-order valence-electron chi connectivity index (χ4n) is 4.49. The van der Waals surface area contributed by atoms with Gasteiger partial charge in [-0.05, 0) is 41.9 Å². The number of allylic oxidation sites excluding steroid dienone is 1. The summed E-state index contributed by atoms with van der Waals surface area (Å²) in [6, 6.07) is 30.8. The molecule has 0 aliphatic rings. The van der Waals surface area contributed by atoms with Gasteiger partial charge in [-0.1, -0.05) is 111 Å². The highest BCUT2D eigenvalue weighted by molar-refractivity contribution is 5.95. The standard InChI is InChI=1S/C31H38N2O/c1-3-14-28(4-2)29(32)22-31(34)30(21-25-15-8-5-9-16-25)33(23-26-17-10-6-11-18-26)24-27-19-12-7-13-20-27/h5-13,15-20,22,28,30H,3-4,14,21,23-24,32H2,1-2H3/b29-22-/t28?,30-/m0/s1. The Morgan fingerprint density at radius 2 is 1.26 bits per heavy atom. The van der Waals surface area contributed by atoms with Gasteiger partial charge in [-0.2, -0.15) is 0 Å². The molecule has 3 rings (SSSR count). The summed E-state index contributed by atoms with van der Waals surface area (Å²) in [4.78, 5) is 16.1. The number of rotatable bonds is 13. The second kappa shape index (κ2) is 13.5. The first-order valence-electron chi connectivity index (χ1n) is 12.5. The van der Waals surface area contributed by atoms with Crippen LogP contribution in [-0.4, -0.2) is 16.7 Å². The molecule has 3 nitrogen and oxygen atoms in total. The molecule has 0 aliphatic heterocycles. The summed E-state index contributed by atoms with van der Waals surface area (Å²) in [5, 5.41) is 0. The fourth-order valence-corrected chi connectivity index (χ4v) is 4.49. The maximum atomic E-state index is 13.8. The summed E-state index contributed by atoms with van der Waals surface area (Å²) in [6.07, 6.45) is 5.38. The lowest BCUT2D eigenvalue weighted by Crippen LogP contribution is -2.41. The first-order chi connectivity index (χ1) is 16.6. The fraction of sp³-hybridized carbons (Fsp3) is 0.323. The van der Waals surface area contributed by atoms with Crippen molar-refractivity contribution >= 4 is 5.78 Å². The van der Waals surface area contributed by atoms with Crippen LogP contribution in [0.5, 0.6) is 0 Å². The Balaban J connectivity index is 1.96. The summed E-state index contributed by atoms with van der Waals surface area (Å²) < 4.78 is 0. The van der Waals surface area contributed by atoms with Crippen molar-refractivity contribution in [2.75, 3.05) is 0 Å². The van der Waals surface area contributed by atoms with Gasteiger partial charge in [-0.25, -0.2) is 0 Å². The number of benzene rings is 3. The number of carbonyl (C=O) groups is 1. The summed E-state index contributed by atoms with van der Waals surface area (Å²) in [5.41, 5.74) is 10.7. The van der Waals surface area contributed by atoms with Crippen LogP contribution in [0.15, 0.2) is 103 Å². The number of carbonyl (C=O) groups excluding carboxylic acids is 1. The minimum Gasteiger partial charge on any atom is -0.402 e. The van der Waals surface area contributed by atoms with E-state index in [1.54, 1.807) is 6.08 Å². The number of ketones is 1. The Bertz CT molecular complexity index is 974. The van der Waals surface area contributed by atoms with Gasteiger partial charge in [0.15, 0.2) is 5.78 Å². The highest BCUT2D eigenvalue weighted by Gasteiger charge is 2.26. The molecule has 0 saturated carbocycles. The van der Waals surface area contributed by atoms with Crippen LogP contribution in [0.3, 0.4) is 0 Å². The van der Waals surface area contributed by atoms with E-state index in [-0.39, 0.29) is 17.7 Å². The van der Waals surface area contributed by atoms with Crippen LogP contribution >= 0.6 is 0 Å². The zero-order valence-electron chi connectivity index (χ0n) is 20.6. The average molecular weight is 455 g/mol. The molecular formula is C31H38N2O. The molecule has 34 heavy (non-hydrogen) atoms. The van der Waals surface area contributed by atoms with Crippen LogP contribution in [0, 0.1) is 5.92 Å². The molecular weight excluding hydrogens is 416 g/mol. The van der Waals surface area contributed by atoms with E-state index in [9.17, 15) is 4.79 Å². The molecule has 2 atom stereocenters. The average Bonchev–Trinajstić information content (AvgIpc) is 2.87. The lowest BCUT2D eigenvalue weighted by Gasteiger charge is -2.31. The van der Waals surface area contributed by atoms with Crippen molar-refractivity contribution < 1.29 is 4.79 Å². The van der Waals surface area contributed by atoms with Crippen LogP contribution in [0.4, 0.5) is 0 Å². The van der Waals surface area contributed by atoms with E-state index in [2.05, 4.69) is 79.4 Å². The van der Waals surface area contributed by atoms with Gasteiger partial charge in [0.1, 0.15) is 0 Å². The molecule has 0 radical (unpaired) electrons. The SMILES string of the molecule is CCCC(CC)/C(N)=C/C(=O)[C@H](Cc1ccccc1)N(Cc1ccccc1)Cc1ccccc1. The first-order valence-corrected chi connectivity index (χ1v) is 12.5. The van der Waals surface area contributed by atoms with E-state index in [0.29, 0.717) is 25.2 Å². The van der Waals surface area contributed by atoms with Gasteiger partial charge in [0, 0.05) is 24.9 Å². The Labute approximate surface area is 205 Å². The minimum atomic E-state index is -0.305. The van der Waals surface area contributed by atoms with Gasteiger partial charge in [-0.3, -0.25) is 9.69 Å². The second-order valence-electron chi connectivity index (χ2n) is 9.02. The Morgan fingerprint density at radius 1 is 0.794 bits per heavy atom. The van der Waals surface area contributed by atoms with Crippen molar-refractivity contribution in [3.63, 3.8) is 0 Å². The molecule has 178 valence electrons. The molecule has 0 bridgehead atoms. The van der Waals surface area contributed by atoms with Crippen molar-refractivity contribution in [2.45, 2.75) is 58.7 Å². The summed E-state index contributed by atoms with van der Waals surface area (Å²) >= 11 is 0. The van der Waals surface area contributed by atoms with Crippen LogP contribution in [-0.2, 0) is 24.3 Å². The molecule has 0 spiro atoms. The predicted molar refractivity (Wildman–Crippen MR) is 142 cm³/mol. The van der Waals surface area contributed by atoms with Crippen molar-refractivity contribution in [1.29, 1.82) is 0 Å². The smallest absolute Gasteiger partial charge is 0.174 e. The third-order valence-corrected chi connectivity index (χ3v) is 6.41. The largest absolute Gasteiger partial charge is 0.402 e. The van der Waals surface area contributed by atoms with Crippen LogP contribution in [0.1, 0.15) is 49.8 Å². The predicted octanol–water partition coefficient (Wildman–Crippen LogP) is 6.54. The lowest BCUT2D eigenvalue weighted by molar-refractivity contribution is -0.120. The minimum absolute atomic E-state index is 0.0859. The van der Waals surface area contributed by atoms with Gasteiger partial charge in [-0.15, -0.1) is 0 Å². The molecule has 0 fully saturated rings. The maximum Gasteiger partial charge on any atom is 0.174 e. The Morgan fingerprint density at radius 3 is 1.71 bits per heavy atom. The summed E-state index contributed by atoms with van der Waals surface area (Å²) in [5.74, 6) is 0.339. The Hall–Kier alpha value is -3.17. The highest BCUT2D eigenvalue weighted by Crippen LogP contribution is 2.21. The number of nitrogens with zero attached hydrogens (tertiary/aromatic N) is 1. The molecule has 0 aromatic heterocycles. The molecule has 3 aromatic carbocycles.